The predicted octanol–water partition coefficient (Wildman–Crippen LogP) is 2.85. The molecular formula is C16H24N2O3. The van der Waals surface area contributed by atoms with E-state index in [1.807, 2.05) is 36.1 Å². The minimum absolute atomic E-state index is 0.0809. The fraction of sp³-hybridized carbons (Fsp3) is 0.562. The Morgan fingerprint density at radius 3 is 2.81 bits per heavy atom. The summed E-state index contributed by atoms with van der Waals surface area (Å²) in [5.74, 6) is 0.694. The minimum atomic E-state index is -0.0809. The number of nitrogens with one attached hydrogen (secondary N) is 1. The van der Waals surface area contributed by atoms with Gasteiger partial charge in [0.05, 0.1) is 12.3 Å². The first-order chi connectivity index (χ1) is 10.3. The molecule has 1 aliphatic carbocycles. The van der Waals surface area contributed by atoms with Crippen LogP contribution in [0.15, 0.2) is 24.3 Å². The molecule has 2 N–H and O–H groups in total. The molecule has 1 fully saturated rings. The number of benzene rings is 1. The van der Waals surface area contributed by atoms with E-state index in [4.69, 9.17) is 9.84 Å². The molecule has 0 unspecified atom stereocenters. The highest BCUT2D eigenvalue weighted by Gasteiger charge is 2.32. The topological polar surface area (TPSA) is 61.8 Å². The van der Waals surface area contributed by atoms with Gasteiger partial charge in [0, 0.05) is 19.2 Å². The summed E-state index contributed by atoms with van der Waals surface area (Å²) in [6, 6.07) is 7.74. The van der Waals surface area contributed by atoms with Crippen molar-refractivity contribution in [1.29, 1.82) is 0 Å². The average molecular weight is 292 g/mol. The minimum Gasteiger partial charge on any atom is -0.492 e. The van der Waals surface area contributed by atoms with Gasteiger partial charge in [-0.25, -0.2) is 4.79 Å². The fourth-order valence-corrected chi connectivity index (χ4v) is 2.27. The summed E-state index contributed by atoms with van der Waals surface area (Å²) in [7, 11) is 0. The zero-order valence-electron chi connectivity index (χ0n) is 12.5. The van der Waals surface area contributed by atoms with E-state index in [2.05, 4.69) is 5.32 Å². The van der Waals surface area contributed by atoms with Gasteiger partial charge in [-0.15, -0.1) is 0 Å². The van der Waals surface area contributed by atoms with Crippen molar-refractivity contribution in [1.82, 2.24) is 4.90 Å². The second-order valence-electron chi connectivity index (χ2n) is 5.21. The maximum Gasteiger partial charge on any atom is 0.322 e. The highest BCUT2D eigenvalue weighted by Crippen LogP contribution is 2.29. The molecule has 5 nitrogen and oxygen atoms in total. The highest BCUT2D eigenvalue weighted by molar-refractivity contribution is 5.91. The van der Waals surface area contributed by atoms with Crippen LogP contribution < -0.4 is 10.1 Å². The smallest absolute Gasteiger partial charge is 0.322 e. The number of carbonyl (C=O) groups is 1. The van der Waals surface area contributed by atoms with Crippen molar-refractivity contribution in [2.24, 2.45) is 0 Å². The third-order valence-corrected chi connectivity index (χ3v) is 3.48. The summed E-state index contributed by atoms with van der Waals surface area (Å²) in [5.41, 5.74) is 0.706. The van der Waals surface area contributed by atoms with Gasteiger partial charge < -0.3 is 20.1 Å². The molecular weight excluding hydrogens is 268 g/mol. The van der Waals surface area contributed by atoms with Gasteiger partial charge in [0.2, 0.25) is 0 Å². The molecule has 0 radical (unpaired) electrons. The SMILES string of the molecule is CCOc1ccccc1NC(=O)N(CCCCO)C1CC1. The molecule has 0 spiro atoms. The summed E-state index contributed by atoms with van der Waals surface area (Å²) in [4.78, 5) is 14.3. The maximum absolute atomic E-state index is 12.4. The normalized spacial score (nSPS) is 13.8. The first-order valence-electron chi connectivity index (χ1n) is 7.66. The van der Waals surface area contributed by atoms with Gasteiger partial charge in [0.25, 0.3) is 0 Å². The first-order valence-corrected chi connectivity index (χ1v) is 7.66. The molecule has 2 amide bonds. The van der Waals surface area contributed by atoms with Gasteiger partial charge in [0.1, 0.15) is 5.75 Å². The lowest BCUT2D eigenvalue weighted by atomic mass is 10.3. The molecule has 1 saturated carbocycles. The van der Waals surface area contributed by atoms with Gasteiger partial charge in [-0.3, -0.25) is 0 Å². The van der Waals surface area contributed by atoms with Crippen molar-refractivity contribution in [2.45, 2.75) is 38.6 Å². The Morgan fingerprint density at radius 2 is 2.14 bits per heavy atom. The third-order valence-electron chi connectivity index (χ3n) is 3.48. The van der Waals surface area contributed by atoms with Crippen LogP contribution in [-0.4, -0.2) is 41.8 Å². The maximum atomic E-state index is 12.4. The zero-order chi connectivity index (χ0) is 15.1. The number of aliphatic hydroxyl groups is 1. The first kappa shape index (κ1) is 15.6. The molecule has 0 bridgehead atoms. The Balaban J connectivity index is 1.98. The molecule has 2 rings (SSSR count). The number of anilines is 1. The molecule has 0 aromatic heterocycles. The Kier molecular flexibility index (Phi) is 5.87. The number of hydrogen-bond donors (Lipinski definition) is 2. The number of ether oxygens (including phenoxy) is 1. The van der Waals surface area contributed by atoms with Crippen molar-refractivity contribution in [3.05, 3.63) is 24.3 Å². The quantitative estimate of drug-likeness (QED) is 0.724. The van der Waals surface area contributed by atoms with Crippen LogP contribution in [0.2, 0.25) is 0 Å². The van der Waals surface area contributed by atoms with Crippen LogP contribution in [0.4, 0.5) is 10.5 Å². The summed E-state index contributed by atoms with van der Waals surface area (Å²) in [5, 5.41) is 11.8. The number of aliphatic hydroxyl groups excluding tert-OH is 1. The van der Waals surface area contributed by atoms with E-state index >= 15 is 0 Å². The van der Waals surface area contributed by atoms with Gasteiger partial charge in [0.15, 0.2) is 0 Å². The van der Waals surface area contributed by atoms with E-state index in [1.54, 1.807) is 0 Å². The number of hydrogen-bond acceptors (Lipinski definition) is 3. The number of rotatable bonds is 8. The molecule has 116 valence electrons. The molecule has 0 atom stereocenters. The number of carbonyl (C=O) groups excluding carboxylic acids is 1. The van der Waals surface area contributed by atoms with Gasteiger partial charge in [-0.1, -0.05) is 12.1 Å². The predicted molar refractivity (Wildman–Crippen MR) is 82.7 cm³/mol. The highest BCUT2D eigenvalue weighted by atomic mass is 16.5. The van der Waals surface area contributed by atoms with E-state index in [1.165, 1.54) is 0 Å². The third kappa shape index (κ3) is 4.63. The van der Waals surface area contributed by atoms with Crippen molar-refractivity contribution in [3.63, 3.8) is 0 Å². The Bertz CT molecular complexity index is 461. The second kappa shape index (κ2) is 7.88. The van der Waals surface area contributed by atoms with Crippen LogP contribution in [0.3, 0.4) is 0 Å². The summed E-state index contributed by atoms with van der Waals surface area (Å²) in [6.07, 6.45) is 3.69. The van der Waals surface area contributed by atoms with E-state index in [0.29, 0.717) is 30.6 Å². The van der Waals surface area contributed by atoms with Crippen LogP contribution in [0.25, 0.3) is 0 Å². The van der Waals surface area contributed by atoms with E-state index in [9.17, 15) is 4.79 Å². The molecule has 1 aromatic carbocycles. The van der Waals surface area contributed by atoms with Crippen molar-refractivity contribution in [2.75, 3.05) is 25.1 Å². The van der Waals surface area contributed by atoms with Gasteiger partial charge in [-0.05, 0) is 44.7 Å². The van der Waals surface area contributed by atoms with Gasteiger partial charge >= 0.3 is 6.03 Å². The van der Waals surface area contributed by atoms with Crippen LogP contribution in [0.5, 0.6) is 5.75 Å². The molecule has 1 aromatic rings. The van der Waals surface area contributed by atoms with E-state index in [0.717, 1.165) is 25.7 Å². The largest absolute Gasteiger partial charge is 0.492 e. The second-order valence-corrected chi connectivity index (χ2v) is 5.21. The molecule has 0 aliphatic heterocycles. The summed E-state index contributed by atoms with van der Waals surface area (Å²) < 4.78 is 5.53. The Hall–Kier alpha value is -1.75. The number of amides is 2. The molecule has 5 heteroatoms. The number of nitrogens with zero attached hydrogens (tertiary/aromatic N) is 1. The molecule has 21 heavy (non-hydrogen) atoms. The average Bonchev–Trinajstić information content (AvgIpc) is 3.30. The lowest BCUT2D eigenvalue weighted by Crippen LogP contribution is -2.37. The van der Waals surface area contributed by atoms with Crippen LogP contribution in [-0.2, 0) is 0 Å². The Morgan fingerprint density at radius 1 is 1.38 bits per heavy atom. The molecule has 0 saturated heterocycles. The van der Waals surface area contributed by atoms with Crippen molar-refractivity contribution in [3.8, 4) is 5.75 Å². The molecule has 1 aliphatic rings. The lowest BCUT2D eigenvalue weighted by molar-refractivity contribution is 0.203. The van der Waals surface area contributed by atoms with Crippen LogP contribution >= 0.6 is 0 Å². The molecule has 0 heterocycles. The van der Waals surface area contributed by atoms with Crippen molar-refractivity contribution >= 4 is 11.7 Å². The Labute approximate surface area is 125 Å². The summed E-state index contributed by atoms with van der Waals surface area (Å²) in [6.45, 7) is 3.35. The number of para-hydroxylation sites is 2. The number of urea groups is 1. The van der Waals surface area contributed by atoms with E-state index < -0.39 is 0 Å². The fourth-order valence-electron chi connectivity index (χ4n) is 2.27. The summed E-state index contributed by atoms with van der Waals surface area (Å²) >= 11 is 0. The number of unbranched alkanes of at least 4 members (excludes halogenated alkanes) is 1. The van der Waals surface area contributed by atoms with E-state index in [-0.39, 0.29) is 12.6 Å². The van der Waals surface area contributed by atoms with Crippen molar-refractivity contribution < 1.29 is 14.6 Å². The zero-order valence-corrected chi connectivity index (χ0v) is 12.5. The monoisotopic (exact) mass is 292 g/mol. The standard InChI is InChI=1S/C16H24N2O3/c1-2-21-15-8-4-3-7-14(15)17-16(20)18(13-9-10-13)11-5-6-12-19/h3-4,7-8,13,19H,2,5-6,9-12H2,1H3,(H,17,20). The van der Waals surface area contributed by atoms with Crippen LogP contribution in [0, 0.1) is 0 Å². The lowest BCUT2D eigenvalue weighted by Gasteiger charge is -2.23. The van der Waals surface area contributed by atoms with Crippen LogP contribution in [0.1, 0.15) is 32.6 Å². The van der Waals surface area contributed by atoms with Gasteiger partial charge in [-0.2, -0.15) is 0 Å².